The zero-order valence-electron chi connectivity index (χ0n) is 8.55. The number of hydrogen-bond acceptors (Lipinski definition) is 0. The lowest BCUT2D eigenvalue weighted by atomic mass is 9.94. The lowest BCUT2D eigenvalue weighted by molar-refractivity contribution is -0.964. The maximum atomic E-state index is 2.47. The van der Waals surface area contributed by atoms with Crippen LogP contribution in [-0.2, 0) is 0 Å². The molecule has 0 aromatic carbocycles. The third-order valence-electron chi connectivity index (χ3n) is 4.40. The van der Waals surface area contributed by atoms with Gasteiger partial charge in [0.25, 0.3) is 0 Å². The summed E-state index contributed by atoms with van der Waals surface area (Å²) < 4.78 is 1.47. The minimum Gasteiger partial charge on any atom is -0.319 e. The van der Waals surface area contributed by atoms with Crippen LogP contribution in [0.3, 0.4) is 0 Å². The van der Waals surface area contributed by atoms with Gasteiger partial charge >= 0.3 is 0 Å². The van der Waals surface area contributed by atoms with E-state index in [4.69, 9.17) is 0 Å². The SMILES string of the molecule is CC1CCC[C@@H](C)[N+]12CCCC2. The summed E-state index contributed by atoms with van der Waals surface area (Å²) in [4.78, 5) is 0. The van der Waals surface area contributed by atoms with E-state index in [1.807, 2.05) is 0 Å². The molecule has 0 aromatic rings. The molecule has 0 N–H and O–H groups in total. The molecule has 0 aromatic heterocycles. The molecule has 12 heavy (non-hydrogen) atoms. The Hall–Kier alpha value is -0.0400. The van der Waals surface area contributed by atoms with E-state index in [9.17, 15) is 0 Å². The van der Waals surface area contributed by atoms with Crippen molar-refractivity contribution in [3.8, 4) is 0 Å². The molecule has 0 aliphatic carbocycles. The molecule has 70 valence electrons. The zero-order chi connectivity index (χ0) is 8.60. The average molecular weight is 168 g/mol. The minimum absolute atomic E-state index is 0.955. The van der Waals surface area contributed by atoms with Gasteiger partial charge in [0.15, 0.2) is 0 Å². The lowest BCUT2D eigenvalue weighted by Gasteiger charge is -2.48. The molecule has 2 atom stereocenters. The molecule has 1 unspecified atom stereocenters. The molecule has 2 aliphatic heterocycles. The van der Waals surface area contributed by atoms with E-state index in [1.54, 1.807) is 0 Å². The fraction of sp³-hybridized carbons (Fsp3) is 1.00. The van der Waals surface area contributed by atoms with Crippen molar-refractivity contribution in [1.29, 1.82) is 0 Å². The Labute approximate surface area is 76.3 Å². The van der Waals surface area contributed by atoms with Crippen LogP contribution < -0.4 is 0 Å². The van der Waals surface area contributed by atoms with Gasteiger partial charge < -0.3 is 4.48 Å². The Bertz CT molecular complexity index is 146. The molecule has 0 saturated carbocycles. The molecule has 2 saturated heterocycles. The highest BCUT2D eigenvalue weighted by Gasteiger charge is 2.43. The first-order valence-electron chi connectivity index (χ1n) is 5.62. The van der Waals surface area contributed by atoms with Crippen LogP contribution in [0.1, 0.15) is 46.0 Å². The summed E-state index contributed by atoms with van der Waals surface area (Å²) in [6, 6.07) is 1.91. The smallest absolute Gasteiger partial charge is 0.0863 e. The van der Waals surface area contributed by atoms with E-state index in [2.05, 4.69) is 13.8 Å². The van der Waals surface area contributed by atoms with Crippen molar-refractivity contribution < 1.29 is 4.48 Å². The molecular formula is C11H22N+. The van der Waals surface area contributed by atoms with Crippen molar-refractivity contribution >= 4 is 0 Å². The number of nitrogens with zero attached hydrogens (tertiary/aromatic N) is 1. The van der Waals surface area contributed by atoms with Gasteiger partial charge in [0.05, 0.1) is 25.2 Å². The molecule has 1 heteroatoms. The van der Waals surface area contributed by atoms with E-state index >= 15 is 0 Å². The summed E-state index contributed by atoms with van der Waals surface area (Å²) in [5, 5.41) is 0. The molecule has 2 aliphatic rings. The third-order valence-corrected chi connectivity index (χ3v) is 4.40. The van der Waals surface area contributed by atoms with Crippen molar-refractivity contribution in [3.63, 3.8) is 0 Å². The summed E-state index contributed by atoms with van der Waals surface area (Å²) in [5.41, 5.74) is 0. The second-order valence-electron chi connectivity index (χ2n) is 4.89. The monoisotopic (exact) mass is 168 g/mol. The summed E-state index contributed by atoms with van der Waals surface area (Å²) in [7, 11) is 0. The number of hydrogen-bond donors (Lipinski definition) is 0. The van der Waals surface area contributed by atoms with Crippen LogP contribution in [0.25, 0.3) is 0 Å². The van der Waals surface area contributed by atoms with Crippen molar-refractivity contribution in [2.75, 3.05) is 13.1 Å². The zero-order valence-corrected chi connectivity index (χ0v) is 8.55. The summed E-state index contributed by atoms with van der Waals surface area (Å²) >= 11 is 0. The van der Waals surface area contributed by atoms with Gasteiger partial charge in [-0.3, -0.25) is 0 Å². The second-order valence-corrected chi connectivity index (χ2v) is 4.89. The van der Waals surface area contributed by atoms with Gasteiger partial charge in [0.1, 0.15) is 0 Å². The lowest BCUT2D eigenvalue weighted by Crippen LogP contribution is -2.59. The molecule has 1 nitrogen and oxygen atoms in total. The molecule has 0 radical (unpaired) electrons. The summed E-state index contributed by atoms with van der Waals surface area (Å²) in [5.74, 6) is 0. The molecule has 1 spiro atoms. The first-order valence-corrected chi connectivity index (χ1v) is 5.62. The van der Waals surface area contributed by atoms with Gasteiger partial charge in [0, 0.05) is 12.8 Å². The summed E-state index contributed by atoms with van der Waals surface area (Å²) in [6.07, 6.45) is 7.39. The van der Waals surface area contributed by atoms with E-state index in [-0.39, 0.29) is 0 Å². The maximum absolute atomic E-state index is 2.47. The highest BCUT2D eigenvalue weighted by molar-refractivity contribution is 4.71. The van der Waals surface area contributed by atoms with E-state index in [0.29, 0.717) is 0 Å². The Morgan fingerprint density at radius 1 is 0.833 bits per heavy atom. The highest BCUT2D eigenvalue weighted by atomic mass is 15.4. The van der Waals surface area contributed by atoms with Gasteiger partial charge in [0.2, 0.25) is 0 Å². The van der Waals surface area contributed by atoms with E-state index in [1.165, 1.54) is 49.7 Å². The predicted octanol–water partition coefficient (Wildman–Crippen LogP) is 2.56. The molecule has 2 heterocycles. The van der Waals surface area contributed by atoms with Crippen molar-refractivity contribution in [2.45, 2.75) is 58.0 Å². The Kier molecular flexibility index (Phi) is 2.16. The first-order chi connectivity index (χ1) is 5.76. The molecule has 2 rings (SSSR count). The van der Waals surface area contributed by atoms with Gasteiger partial charge in [-0.1, -0.05) is 0 Å². The maximum Gasteiger partial charge on any atom is 0.0863 e. The average Bonchev–Trinajstić information content (AvgIpc) is 2.50. The fourth-order valence-electron chi connectivity index (χ4n) is 3.46. The quantitative estimate of drug-likeness (QED) is 0.488. The van der Waals surface area contributed by atoms with E-state index < -0.39 is 0 Å². The largest absolute Gasteiger partial charge is 0.319 e. The van der Waals surface area contributed by atoms with Crippen LogP contribution in [0.15, 0.2) is 0 Å². The standard InChI is InChI=1S/C11H22N/c1-10-6-5-7-11(2)12(10)8-3-4-9-12/h10-11H,3-9H2,1-2H3/q+1/t10-,11?/m1/s1. The molecule has 0 bridgehead atoms. The highest BCUT2D eigenvalue weighted by Crippen LogP contribution is 2.35. The Morgan fingerprint density at radius 3 is 1.83 bits per heavy atom. The van der Waals surface area contributed by atoms with Crippen LogP contribution in [0.5, 0.6) is 0 Å². The molecule has 2 fully saturated rings. The Morgan fingerprint density at radius 2 is 1.33 bits per heavy atom. The fourth-order valence-corrected chi connectivity index (χ4v) is 3.46. The van der Waals surface area contributed by atoms with E-state index in [0.717, 1.165) is 12.1 Å². The molecule has 0 amide bonds. The van der Waals surface area contributed by atoms with Crippen LogP contribution in [-0.4, -0.2) is 29.7 Å². The third kappa shape index (κ3) is 1.10. The Balaban J connectivity index is 2.16. The van der Waals surface area contributed by atoms with Gasteiger partial charge in [-0.2, -0.15) is 0 Å². The molecular weight excluding hydrogens is 146 g/mol. The van der Waals surface area contributed by atoms with Crippen LogP contribution in [0.2, 0.25) is 0 Å². The number of quaternary nitrogens is 1. The van der Waals surface area contributed by atoms with Crippen molar-refractivity contribution in [2.24, 2.45) is 0 Å². The topological polar surface area (TPSA) is 0 Å². The first kappa shape index (κ1) is 8.55. The van der Waals surface area contributed by atoms with Gasteiger partial charge in [-0.15, -0.1) is 0 Å². The van der Waals surface area contributed by atoms with Gasteiger partial charge in [-0.25, -0.2) is 0 Å². The van der Waals surface area contributed by atoms with Crippen LogP contribution >= 0.6 is 0 Å². The normalized spacial score (nSPS) is 40.5. The van der Waals surface area contributed by atoms with Crippen molar-refractivity contribution in [1.82, 2.24) is 0 Å². The predicted molar refractivity (Wildman–Crippen MR) is 52.0 cm³/mol. The number of rotatable bonds is 0. The van der Waals surface area contributed by atoms with Crippen LogP contribution in [0.4, 0.5) is 0 Å². The second kappa shape index (κ2) is 3.02. The minimum atomic E-state index is 0.955. The van der Waals surface area contributed by atoms with Gasteiger partial charge in [-0.05, 0) is 33.1 Å². The summed E-state index contributed by atoms with van der Waals surface area (Å²) in [6.45, 7) is 7.90. The van der Waals surface area contributed by atoms with Crippen molar-refractivity contribution in [3.05, 3.63) is 0 Å². The van der Waals surface area contributed by atoms with Crippen LogP contribution in [0, 0.1) is 0 Å². The number of piperidine rings is 1.